The standard InChI is InChI=1S/C29H29F3N2O9/c1-40-19-5-3-4-15-10-21(42-24(15)19)28(39)34(13-29(30,31)32)18-11-17(27(38)33-6-7-35)22-16-8-14(12-36)9-20(41-2)25(16)43-26(22)23(18)37/h3-5,8-11,18,22-23,26,35-37H,6-7,12-13H2,1-2H3,(H,33,38). The van der Waals surface area contributed by atoms with E-state index < -0.39 is 67.7 Å². The van der Waals surface area contributed by atoms with Gasteiger partial charge in [0, 0.05) is 23.1 Å². The topological polar surface area (TPSA) is 151 Å². The minimum atomic E-state index is -4.90. The Morgan fingerprint density at radius 2 is 1.84 bits per heavy atom. The van der Waals surface area contributed by atoms with Crippen LogP contribution in [-0.4, -0.2) is 90.4 Å². The molecule has 43 heavy (non-hydrogen) atoms. The first kappa shape index (κ1) is 30.2. The van der Waals surface area contributed by atoms with Gasteiger partial charge in [-0.05, 0) is 35.9 Å². The number of carbonyl (C=O) groups is 2. The number of rotatable bonds is 9. The van der Waals surface area contributed by atoms with Crippen LogP contribution in [0.25, 0.3) is 11.0 Å². The Morgan fingerprint density at radius 3 is 2.49 bits per heavy atom. The Kier molecular flexibility index (Phi) is 8.27. The highest BCUT2D eigenvalue weighted by molar-refractivity contribution is 5.99. The maximum absolute atomic E-state index is 13.9. The van der Waals surface area contributed by atoms with Crippen molar-refractivity contribution in [1.82, 2.24) is 10.2 Å². The number of amides is 2. The third-order valence-electron chi connectivity index (χ3n) is 7.40. The third-order valence-corrected chi connectivity index (χ3v) is 7.40. The van der Waals surface area contributed by atoms with Crippen LogP contribution in [0.1, 0.15) is 27.6 Å². The normalized spacial score (nSPS) is 21.0. The molecule has 0 saturated carbocycles. The molecule has 4 atom stereocenters. The molecule has 11 nitrogen and oxygen atoms in total. The molecule has 14 heteroatoms. The van der Waals surface area contributed by atoms with Gasteiger partial charge >= 0.3 is 6.18 Å². The maximum atomic E-state index is 13.9. The molecule has 2 amide bonds. The number of benzene rings is 2. The summed E-state index contributed by atoms with van der Waals surface area (Å²) in [6.45, 7) is -2.76. The van der Waals surface area contributed by atoms with Crippen LogP contribution in [-0.2, 0) is 11.4 Å². The maximum Gasteiger partial charge on any atom is 0.406 e. The Balaban J connectivity index is 1.63. The summed E-state index contributed by atoms with van der Waals surface area (Å²) in [6.07, 6.45) is -6.87. The molecule has 1 aliphatic carbocycles. The van der Waals surface area contributed by atoms with Gasteiger partial charge in [0.1, 0.15) is 18.8 Å². The molecule has 4 N–H and O–H groups in total. The van der Waals surface area contributed by atoms with Crippen LogP contribution < -0.4 is 19.5 Å². The van der Waals surface area contributed by atoms with Gasteiger partial charge in [-0.3, -0.25) is 9.59 Å². The number of aliphatic hydroxyl groups excluding tert-OH is 3. The van der Waals surface area contributed by atoms with E-state index in [-0.39, 0.29) is 34.9 Å². The van der Waals surface area contributed by atoms with E-state index in [0.717, 1.165) is 6.08 Å². The summed E-state index contributed by atoms with van der Waals surface area (Å²) in [5.41, 5.74) is 0.802. The molecule has 0 spiro atoms. The quantitative estimate of drug-likeness (QED) is 0.288. The third kappa shape index (κ3) is 5.60. The molecule has 5 rings (SSSR count). The second-order valence-electron chi connectivity index (χ2n) is 10.1. The Labute approximate surface area is 243 Å². The summed E-state index contributed by atoms with van der Waals surface area (Å²) in [7, 11) is 2.72. The van der Waals surface area contributed by atoms with Gasteiger partial charge in [-0.2, -0.15) is 13.2 Å². The van der Waals surface area contributed by atoms with Crippen LogP contribution in [0.3, 0.4) is 0 Å². The smallest absolute Gasteiger partial charge is 0.406 e. The first-order valence-corrected chi connectivity index (χ1v) is 13.2. The van der Waals surface area contributed by atoms with E-state index in [2.05, 4.69) is 5.32 Å². The summed E-state index contributed by atoms with van der Waals surface area (Å²) in [5.74, 6) is -2.82. The molecule has 0 saturated heterocycles. The molecule has 0 radical (unpaired) electrons. The molecule has 2 aromatic carbocycles. The average Bonchev–Trinajstić information content (AvgIpc) is 3.60. The van der Waals surface area contributed by atoms with Gasteiger partial charge in [0.15, 0.2) is 28.6 Å². The van der Waals surface area contributed by atoms with Gasteiger partial charge in [-0.25, -0.2) is 0 Å². The number of aliphatic hydroxyl groups is 3. The summed E-state index contributed by atoms with van der Waals surface area (Å²) in [4.78, 5) is 27.4. The number of alkyl halides is 3. The van der Waals surface area contributed by atoms with Gasteiger partial charge in [0.05, 0.1) is 39.4 Å². The summed E-state index contributed by atoms with van der Waals surface area (Å²) in [5, 5.41) is 33.4. The molecule has 1 aliphatic heterocycles. The molecule has 1 aromatic heterocycles. The lowest BCUT2D eigenvalue weighted by Crippen LogP contribution is -2.57. The zero-order valence-corrected chi connectivity index (χ0v) is 23.1. The van der Waals surface area contributed by atoms with Crippen molar-refractivity contribution in [1.29, 1.82) is 0 Å². The van der Waals surface area contributed by atoms with Crippen LogP contribution in [0, 0.1) is 0 Å². The molecule has 4 unspecified atom stereocenters. The number of fused-ring (bicyclic) bond motifs is 4. The van der Waals surface area contributed by atoms with Gasteiger partial charge in [-0.1, -0.05) is 12.1 Å². The molecular weight excluding hydrogens is 577 g/mol. The lowest BCUT2D eigenvalue weighted by Gasteiger charge is -2.40. The average molecular weight is 607 g/mol. The SMILES string of the molecule is COc1cc(CO)cc2c1OC1C2C(C(=O)NCCO)=CC(N(CC(F)(F)F)C(=O)c2cc3cccc(OC)c3o2)C1O. The van der Waals surface area contributed by atoms with E-state index in [0.29, 0.717) is 21.4 Å². The van der Waals surface area contributed by atoms with Crippen molar-refractivity contribution >= 4 is 22.8 Å². The first-order chi connectivity index (χ1) is 20.5. The number of para-hydroxylation sites is 1. The van der Waals surface area contributed by atoms with Gasteiger partial charge in [0.25, 0.3) is 5.91 Å². The molecule has 230 valence electrons. The second-order valence-corrected chi connectivity index (χ2v) is 10.1. The largest absolute Gasteiger partial charge is 0.493 e. The molecular formula is C29H29F3N2O9. The van der Waals surface area contributed by atoms with E-state index in [9.17, 15) is 38.1 Å². The monoisotopic (exact) mass is 606 g/mol. The minimum absolute atomic E-state index is 0.101. The van der Waals surface area contributed by atoms with E-state index >= 15 is 0 Å². The van der Waals surface area contributed by atoms with Gasteiger partial charge in [0.2, 0.25) is 5.91 Å². The number of nitrogens with zero attached hydrogens (tertiary/aromatic N) is 1. The van der Waals surface area contributed by atoms with E-state index in [4.69, 9.17) is 18.6 Å². The summed E-state index contributed by atoms with van der Waals surface area (Å²) < 4.78 is 64.1. The Bertz CT molecular complexity index is 1570. The molecule has 2 heterocycles. The minimum Gasteiger partial charge on any atom is -0.493 e. The fourth-order valence-corrected chi connectivity index (χ4v) is 5.57. The van der Waals surface area contributed by atoms with Crippen molar-refractivity contribution in [2.45, 2.75) is 37.0 Å². The number of ether oxygens (including phenoxy) is 3. The lowest BCUT2D eigenvalue weighted by molar-refractivity contribution is -0.149. The number of carbonyl (C=O) groups excluding carboxylic acids is 2. The molecule has 0 bridgehead atoms. The number of hydrogen-bond donors (Lipinski definition) is 4. The highest BCUT2D eigenvalue weighted by Gasteiger charge is 2.53. The van der Waals surface area contributed by atoms with Crippen LogP contribution in [0.2, 0.25) is 0 Å². The predicted octanol–water partition coefficient (Wildman–Crippen LogP) is 2.27. The van der Waals surface area contributed by atoms with E-state index in [1.54, 1.807) is 24.3 Å². The van der Waals surface area contributed by atoms with Crippen molar-refractivity contribution in [2.75, 3.05) is 33.9 Å². The van der Waals surface area contributed by atoms with Crippen molar-refractivity contribution in [3.05, 3.63) is 64.9 Å². The van der Waals surface area contributed by atoms with Crippen molar-refractivity contribution in [2.24, 2.45) is 0 Å². The molecule has 0 fully saturated rings. The number of methoxy groups -OCH3 is 2. The van der Waals surface area contributed by atoms with Crippen LogP contribution in [0.15, 0.2) is 52.5 Å². The highest BCUT2D eigenvalue weighted by Crippen LogP contribution is 2.51. The predicted molar refractivity (Wildman–Crippen MR) is 144 cm³/mol. The second kappa shape index (κ2) is 11.8. The van der Waals surface area contributed by atoms with E-state index in [1.807, 2.05) is 0 Å². The van der Waals surface area contributed by atoms with Gasteiger partial charge < -0.3 is 44.2 Å². The zero-order chi connectivity index (χ0) is 31.1. The molecule has 2 aliphatic rings. The van der Waals surface area contributed by atoms with Crippen molar-refractivity contribution in [3.8, 4) is 17.2 Å². The highest BCUT2D eigenvalue weighted by atomic mass is 19.4. The van der Waals surface area contributed by atoms with Crippen LogP contribution >= 0.6 is 0 Å². The fourth-order valence-electron chi connectivity index (χ4n) is 5.57. The van der Waals surface area contributed by atoms with E-state index in [1.165, 1.54) is 26.4 Å². The van der Waals surface area contributed by atoms with Crippen molar-refractivity contribution < 1.29 is 56.7 Å². The van der Waals surface area contributed by atoms with Crippen LogP contribution in [0.5, 0.6) is 17.2 Å². The number of nitrogens with one attached hydrogen (secondary N) is 1. The summed E-state index contributed by atoms with van der Waals surface area (Å²) in [6, 6.07) is 7.38. The Morgan fingerprint density at radius 1 is 1.09 bits per heavy atom. The number of hydrogen-bond acceptors (Lipinski definition) is 9. The number of furan rings is 1. The molecule has 3 aromatic rings. The van der Waals surface area contributed by atoms with Crippen molar-refractivity contribution in [3.63, 3.8) is 0 Å². The first-order valence-electron chi connectivity index (χ1n) is 13.2. The Hall–Kier alpha value is -4.27. The zero-order valence-electron chi connectivity index (χ0n) is 23.1. The lowest BCUT2D eigenvalue weighted by atomic mass is 9.77. The summed E-state index contributed by atoms with van der Waals surface area (Å²) >= 11 is 0. The van der Waals surface area contributed by atoms with Gasteiger partial charge in [-0.15, -0.1) is 0 Å². The fraction of sp³-hybridized carbons (Fsp3) is 0.379. The van der Waals surface area contributed by atoms with Crippen LogP contribution in [0.4, 0.5) is 13.2 Å². The number of halogens is 3.